The molecule has 0 aromatic rings. The van der Waals surface area contributed by atoms with Crippen molar-refractivity contribution in [2.75, 3.05) is 20.3 Å². The number of ether oxygens (including phenoxy) is 3. The van der Waals surface area contributed by atoms with Crippen LogP contribution in [0.1, 0.15) is 26.2 Å². The summed E-state index contributed by atoms with van der Waals surface area (Å²) in [7, 11) is 1.76. The van der Waals surface area contributed by atoms with Gasteiger partial charge in [-0.15, -0.1) is 0 Å². The van der Waals surface area contributed by atoms with Crippen molar-refractivity contribution in [3.8, 4) is 0 Å². The van der Waals surface area contributed by atoms with E-state index in [1.54, 1.807) is 7.05 Å². The Morgan fingerprint density at radius 3 is 2.71 bits per heavy atom. The highest BCUT2D eigenvalue weighted by atomic mass is 16.7. The summed E-state index contributed by atoms with van der Waals surface area (Å²) < 4.78 is 15.9. The van der Waals surface area contributed by atoms with Gasteiger partial charge in [0.05, 0.1) is 19.3 Å². The minimum atomic E-state index is -0.942. The second-order valence-corrected chi connectivity index (χ2v) is 4.22. The summed E-state index contributed by atoms with van der Waals surface area (Å²) in [6, 6.07) is -0.382. The second-order valence-electron chi connectivity index (χ2n) is 4.22. The molecule has 0 aromatic carbocycles. The molecule has 1 fully saturated rings. The SMILES string of the molecule is CNC(C)OC(O)C(N)CCCC1OCCO1. The number of hydrogen-bond donors (Lipinski definition) is 3. The van der Waals surface area contributed by atoms with Crippen molar-refractivity contribution in [1.82, 2.24) is 5.32 Å². The summed E-state index contributed by atoms with van der Waals surface area (Å²) in [5.74, 6) is 0. The first-order valence-corrected chi connectivity index (χ1v) is 6.13. The van der Waals surface area contributed by atoms with Gasteiger partial charge in [0.2, 0.25) is 0 Å². The smallest absolute Gasteiger partial charge is 0.171 e. The topological polar surface area (TPSA) is 86.0 Å². The van der Waals surface area contributed by atoms with Crippen LogP contribution in [0.3, 0.4) is 0 Å². The van der Waals surface area contributed by atoms with E-state index in [9.17, 15) is 5.11 Å². The van der Waals surface area contributed by atoms with Crippen molar-refractivity contribution in [2.45, 2.75) is 51.0 Å². The van der Waals surface area contributed by atoms with Crippen LogP contribution in [0.15, 0.2) is 0 Å². The van der Waals surface area contributed by atoms with Crippen LogP contribution in [0.5, 0.6) is 0 Å². The molecule has 102 valence electrons. The zero-order chi connectivity index (χ0) is 12.7. The molecule has 4 N–H and O–H groups in total. The second kappa shape index (κ2) is 7.97. The Hall–Kier alpha value is -0.240. The summed E-state index contributed by atoms with van der Waals surface area (Å²) >= 11 is 0. The molecule has 0 amide bonds. The molecule has 3 atom stereocenters. The third kappa shape index (κ3) is 5.76. The number of nitrogens with two attached hydrogens (primary N) is 1. The Balaban J connectivity index is 2.08. The molecule has 6 nitrogen and oxygen atoms in total. The first-order chi connectivity index (χ1) is 8.13. The minimum Gasteiger partial charge on any atom is -0.367 e. The predicted molar refractivity (Wildman–Crippen MR) is 63.1 cm³/mol. The van der Waals surface area contributed by atoms with Gasteiger partial charge in [-0.3, -0.25) is 5.32 Å². The number of rotatable bonds is 8. The van der Waals surface area contributed by atoms with Gasteiger partial charge >= 0.3 is 0 Å². The lowest BCUT2D eigenvalue weighted by atomic mass is 10.1. The van der Waals surface area contributed by atoms with Gasteiger partial charge in [-0.25, -0.2) is 0 Å². The maximum atomic E-state index is 9.66. The lowest BCUT2D eigenvalue weighted by Gasteiger charge is -2.23. The van der Waals surface area contributed by atoms with Crippen molar-refractivity contribution in [3.05, 3.63) is 0 Å². The van der Waals surface area contributed by atoms with E-state index in [1.165, 1.54) is 0 Å². The first-order valence-electron chi connectivity index (χ1n) is 6.13. The van der Waals surface area contributed by atoms with Gasteiger partial charge in [-0.1, -0.05) is 0 Å². The average Bonchev–Trinajstić information content (AvgIpc) is 2.81. The standard InChI is InChI=1S/C11H24N2O4/c1-8(13-2)17-11(14)9(12)4-3-5-10-15-6-7-16-10/h8-11,13-14H,3-7,12H2,1-2H3. The molecule has 0 aliphatic carbocycles. The monoisotopic (exact) mass is 248 g/mol. The maximum absolute atomic E-state index is 9.66. The van der Waals surface area contributed by atoms with Crippen molar-refractivity contribution >= 4 is 0 Å². The Labute approximate surface area is 102 Å². The molecule has 1 aliphatic heterocycles. The van der Waals surface area contributed by atoms with E-state index in [1.807, 2.05) is 6.92 Å². The largest absolute Gasteiger partial charge is 0.367 e. The average molecular weight is 248 g/mol. The van der Waals surface area contributed by atoms with Gasteiger partial charge < -0.3 is 25.1 Å². The van der Waals surface area contributed by atoms with Gasteiger partial charge in [0.25, 0.3) is 0 Å². The fourth-order valence-corrected chi connectivity index (χ4v) is 1.61. The Kier molecular flexibility index (Phi) is 6.94. The molecular weight excluding hydrogens is 224 g/mol. The van der Waals surface area contributed by atoms with Gasteiger partial charge in [0, 0.05) is 0 Å². The molecule has 0 saturated carbocycles. The molecule has 0 aromatic heterocycles. The van der Waals surface area contributed by atoms with Crippen LogP contribution in [0.4, 0.5) is 0 Å². The lowest BCUT2D eigenvalue weighted by molar-refractivity contribution is -0.150. The zero-order valence-electron chi connectivity index (χ0n) is 10.6. The quantitative estimate of drug-likeness (QED) is 0.514. The minimum absolute atomic E-state index is 0.100. The molecule has 1 heterocycles. The highest BCUT2D eigenvalue weighted by molar-refractivity contribution is 4.66. The van der Waals surface area contributed by atoms with E-state index in [0.29, 0.717) is 19.6 Å². The van der Waals surface area contributed by atoms with Gasteiger partial charge in [0.1, 0.15) is 6.23 Å². The van der Waals surface area contributed by atoms with Crippen LogP contribution in [0.2, 0.25) is 0 Å². The van der Waals surface area contributed by atoms with Crippen LogP contribution < -0.4 is 11.1 Å². The van der Waals surface area contributed by atoms with Crippen molar-refractivity contribution < 1.29 is 19.3 Å². The molecular formula is C11H24N2O4. The molecule has 0 bridgehead atoms. The van der Waals surface area contributed by atoms with Crippen molar-refractivity contribution in [2.24, 2.45) is 5.73 Å². The highest BCUT2D eigenvalue weighted by Gasteiger charge is 2.19. The van der Waals surface area contributed by atoms with E-state index in [4.69, 9.17) is 19.9 Å². The molecule has 0 radical (unpaired) electrons. The summed E-state index contributed by atoms with van der Waals surface area (Å²) in [5, 5.41) is 12.5. The zero-order valence-corrected chi connectivity index (χ0v) is 10.6. The van der Waals surface area contributed by atoms with Gasteiger partial charge in [-0.2, -0.15) is 0 Å². The van der Waals surface area contributed by atoms with Gasteiger partial charge in [-0.05, 0) is 33.2 Å². The third-order valence-corrected chi connectivity index (χ3v) is 2.78. The summed E-state index contributed by atoms with van der Waals surface area (Å²) in [5.41, 5.74) is 5.82. The Morgan fingerprint density at radius 1 is 1.47 bits per heavy atom. The van der Waals surface area contributed by atoms with Crippen molar-refractivity contribution in [3.63, 3.8) is 0 Å². The molecule has 1 aliphatic rings. The predicted octanol–water partition coefficient (Wildman–Crippen LogP) is -0.243. The third-order valence-electron chi connectivity index (χ3n) is 2.78. The molecule has 1 saturated heterocycles. The maximum Gasteiger partial charge on any atom is 0.171 e. The number of nitrogens with one attached hydrogen (secondary N) is 1. The van der Waals surface area contributed by atoms with Crippen molar-refractivity contribution in [1.29, 1.82) is 0 Å². The van der Waals surface area contributed by atoms with E-state index >= 15 is 0 Å². The summed E-state index contributed by atoms with van der Waals surface area (Å²) in [4.78, 5) is 0. The highest BCUT2D eigenvalue weighted by Crippen LogP contribution is 2.13. The van der Waals surface area contributed by atoms with E-state index < -0.39 is 6.29 Å². The summed E-state index contributed by atoms with van der Waals surface area (Å²) in [6.45, 7) is 3.15. The van der Waals surface area contributed by atoms with Crippen LogP contribution in [-0.4, -0.2) is 50.2 Å². The molecule has 17 heavy (non-hydrogen) atoms. The van der Waals surface area contributed by atoms with Crippen LogP contribution in [0, 0.1) is 0 Å². The number of aliphatic hydroxyl groups excluding tert-OH is 1. The Bertz CT molecular complexity index is 200. The Morgan fingerprint density at radius 2 is 2.12 bits per heavy atom. The molecule has 3 unspecified atom stereocenters. The normalized spacial score (nSPS) is 22.6. The van der Waals surface area contributed by atoms with E-state index in [-0.39, 0.29) is 18.6 Å². The fraction of sp³-hybridized carbons (Fsp3) is 1.00. The first kappa shape index (κ1) is 14.8. The van der Waals surface area contributed by atoms with Gasteiger partial charge in [0.15, 0.2) is 12.6 Å². The van der Waals surface area contributed by atoms with Crippen LogP contribution >= 0.6 is 0 Å². The van der Waals surface area contributed by atoms with Crippen LogP contribution in [-0.2, 0) is 14.2 Å². The fourth-order valence-electron chi connectivity index (χ4n) is 1.61. The lowest BCUT2D eigenvalue weighted by Crippen LogP contribution is -2.41. The van der Waals surface area contributed by atoms with E-state index in [0.717, 1.165) is 12.8 Å². The van der Waals surface area contributed by atoms with Crippen LogP contribution in [0.25, 0.3) is 0 Å². The summed E-state index contributed by atoms with van der Waals surface area (Å²) in [6.07, 6.45) is 1.08. The number of hydrogen-bond acceptors (Lipinski definition) is 6. The van der Waals surface area contributed by atoms with E-state index in [2.05, 4.69) is 5.32 Å². The molecule has 6 heteroatoms. The molecule has 0 spiro atoms. The number of aliphatic hydroxyl groups is 1. The molecule has 1 rings (SSSR count).